The molecule has 124 valence electrons. The van der Waals surface area contributed by atoms with Gasteiger partial charge in [0.25, 0.3) is 5.91 Å². The van der Waals surface area contributed by atoms with Gasteiger partial charge in [-0.05, 0) is 30.3 Å². The minimum atomic E-state index is -0.467. The van der Waals surface area contributed by atoms with Crippen molar-refractivity contribution in [2.45, 2.75) is 0 Å². The molecular formula is C17H15NO6. The fourth-order valence-electron chi connectivity index (χ4n) is 2.15. The molecule has 0 unspecified atom stereocenters. The van der Waals surface area contributed by atoms with E-state index >= 15 is 0 Å². The third-order valence-corrected chi connectivity index (χ3v) is 3.28. The molecule has 7 heteroatoms. The van der Waals surface area contributed by atoms with Gasteiger partial charge >= 0.3 is 5.97 Å². The number of ether oxygens (including phenoxy) is 4. The number of hydrogen-bond acceptors (Lipinski definition) is 6. The molecule has 1 amide bonds. The van der Waals surface area contributed by atoms with Crippen molar-refractivity contribution >= 4 is 17.6 Å². The number of nitrogens with one attached hydrogen (secondary N) is 1. The average Bonchev–Trinajstić information content (AvgIpc) is 3.07. The van der Waals surface area contributed by atoms with Crippen LogP contribution in [-0.4, -0.2) is 32.4 Å². The highest BCUT2D eigenvalue weighted by atomic mass is 16.7. The maximum atomic E-state index is 12.0. The molecule has 1 heterocycles. The van der Waals surface area contributed by atoms with Gasteiger partial charge in [0.2, 0.25) is 6.79 Å². The van der Waals surface area contributed by atoms with Crippen molar-refractivity contribution in [2.24, 2.45) is 0 Å². The summed E-state index contributed by atoms with van der Waals surface area (Å²) in [5.41, 5.74) is 0.933. The molecule has 2 aromatic rings. The van der Waals surface area contributed by atoms with Gasteiger partial charge in [0.1, 0.15) is 5.75 Å². The predicted molar refractivity (Wildman–Crippen MR) is 84.5 cm³/mol. The minimum Gasteiger partial charge on any atom is -0.484 e. The van der Waals surface area contributed by atoms with E-state index in [0.717, 1.165) is 0 Å². The summed E-state index contributed by atoms with van der Waals surface area (Å²) in [4.78, 5) is 23.4. The molecule has 0 fully saturated rings. The third kappa shape index (κ3) is 3.57. The van der Waals surface area contributed by atoms with E-state index in [2.05, 4.69) is 10.1 Å². The molecule has 1 aliphatic rings. The first-order valence-corrected chi connectivity index (χ1v) is 7.16. The van der Waals surface area contributed by atoms with Crippen LogP contribution in [0.15, 0.2) is 42.5 Å². The van der Waals surface area contributed by atoms with E-state index in [1.54, 1.807) is 36.4 Å². The van der Waals surface area contributed by atoms with Crippen LogP contribution in [0.1, 0.15) is 10.4 Å². The number of hydrogen-bond donors (Lipinski definition) is 1. The molecule has 0 aliphatic carbocycles. The van der Waals surface area contributed by atoms with E-state index in [-0.39, 0.29) is 19.3 Å². The Bertz CT molecular complexity index is 773. The highest BCUT2D eigenvalue weighted by Gasteiger charge is 2.14. The molecule has 2 aromatic carbocycles. The second-order valence-corrected chi connectivity index (χ2v) is 4.92. The summed E-state index contributed by atoms with van der Waals surface area (Å²) >= 11 is 0. The lowest BCUT2D eigenvalue weighted by atomic mass is 10.2. The van der Waals surface area contributed by atoms with Crippen LogP contribution in [0.3, 0.4) is 0 Å². The summed E-state index contributed by atoms with van der Waals surface area (Å²) in [7, 11) is 1.30. The maximum Gasteiger partial charge on any atom is 0.337 e. The first-order chi connectivity index (χ1) is 11.7. The summed E-state index contributed by atoms with van der Waals surface area (Å²) in [6.07, 6.45) is 0. The van der Waals surface area contributed by atoms with Gasteiger partial charge in [0, 0.05) is 11.8 Å². The van der Waals surface area contributed by atoms with Gasteiger partial charge in [0.15, 0.2) is 18.1 Å². The Hall–Kier alpha value is -3.22. The Morgan fingerprint density at radius 3 is 2.79 bits per heavy atom. The summed E-state index contributed by atoms with van der Waals surface area (Å²) in [6.45, 7) is -0.0224. The molecule has 24 heavy (non-hydrogen) atoms. The number of methoxy groups -OCH3 is 1. The first kappa shape index (κ1) is 15.7. The van der Waals surface area contributed by atoms with Gasteiger partial charge in [-0.25, -0.2) is 4.79 Å². The molecule has 0 bridgehead atoms. The summed E-state index contributed by atoms with van der Waals surface area (Å²) < 4.78 is 20.5. The zero-order valence-corrected chi connectivity index (χ0v) is 12.9. The van der Waals surface area contributed by atoms with Crippen LogP contribution in [0.5, 0.6) is 17.2 Å². The average molecular weight is 329 g/mol. The molecule has 0 saturated carbocycles. The highest BCUT2D eigenvalue weighted by Crippen LogP contribution is 2.34. The molecule has 0 saturated heterocycles. The smallest absolute Gasteiger partial charge is 0.337 e. The third-order valence-electron chi connectivity index (χ3n) is 3.28. The van der Waals surface area contributed by atoms with Gasteiger partial charge in [-0.2, -0.15) is 0 Å². The maximum absolute atomic E-state index is 12.0. The van der Waals surface area contributed by atoms with Crippen molar-refractivity contribution in [3.63, 3.8) is 0 Å². The lowest BCUT2D eigenvalue weighted by molar-refractivity contribution is -0.118. The Balaban J connectivity index is 1.57. The van der Waals surface area contributed by atoms with E-state index in [1.807, 2.05) is 0 Å². The van der Waals surface area contributed by atoms with E-state index in [1.165, 1.54) is 13.2 Å². The number of esters is 1. The second-order valence-electron chi connectivity index (χ2n) is 4.92. The fraction of sp³-hybridized carbons (Fsp3) is 0.176. The molecule has 0 spiro atoms. The van der Waals surface area contributed by atoms with Gasteiger partial charge in [-0.1, -0.05) is 6.07 Å². The standard InChI is InChI=1S/C17H15NO6/c1-21-17(20)11-3-2-4-13(7-11)22-9-16(19)18-12-5-6-14-15(8-12)24-10-23-14/h2-8H,9-10H2,1H3,(H,18,19). The van der Waals surface area contributed by atoms with Crippen molar-refractivity contribution in [3.05, 3.63) is 48.0 Å². The molecule has 0 radical (unpaired) electrons. The van der Waals surface area contributed by atoms with Crippen molar-refractivity contribution < 1.29 is 28.5 Å². The monoisotopic (exact) mass is 329 g/mol. The highest BCUT2D eigenvalue weighted by molar-refractivity contribution is 5.92. The number of anilines is 1. The van der Waals surface area contributed by atoms with Crippen molar-refractivity contribution in [3.8, 4) is 17.2 Å². The number of fused-ring (bicyclic) bond motifs is 1. The summed E-state index contributed by atoms with van der Waals surface area (Å²) in [5.74, 6) is 0.824. The number of amides is 1. The normalized spacial score (nSPS) is 11.7. The predicted octanol–water partition coefficient (Wildman–Crippen LogP) is 2.22. The molecule has 7 nitrogen and oxygen atoms in total. The topological polar surface area (TPSA) is 83.1 Å². The molecule has 3 rings (SSSR count). The number of benzene rings is 2. The lowest BCUT2D eigenvalue weighted by Gasteiger charge is -2.09. The van der Waals surface area contributed by atoms with E-state index in [0.29, 0.717) is 28.5 Å². The van der Waals surface area contributed by atoms with Crippen molar-refractivity contribution in [1.82, 2.24) is 0 Å². The van der Waals surface area contributed by atoms with Crippen LogP contribution < -0.4 is 19.5 Å². The quantitative estimate of drug-likeness (QED) is 0.847. The van der Waals surface area contributed by atoms with Crippen LogP contribution in [0.25, 0.3) is 0 Å². The van der Waals surface area contributed by atoms with Crippen LogP contribution >= 0.6 is 0 Å². The lowest BCUT2D eigenvalue weighted by Crippen LogP contribution is -2.20. The molecule has 0 atom stereocenters. The van der Waals surface area contributed by atoms with Crippen molar-refractivity contribution in [2.75, 3.05) is 25.8 Å². The molecule has 1 N–H and O–H groups in total. The first-order valence-electron chi connectivity index (χ1n) is 7.16. The van der Waals surface area contributed by atoms with Crippen LogP contribution in [0.4, 0.5) is 5.69 Å². The zero-order valence-electron chi connectivity index (χ0n) is 12.9. The van der Waals surface area contributed by atoms with E-state index in [4.69, 9.17) is 14.2 Å². The second kappa shape index (κ2) is 6.91. The van der Waals surface area contributed by atoms with Crippen LogP contribution in [-0.2, 0) is 9.53 Å². The summed E-state index contributed by atoms with van der Waals surface area (Å²) in [6, 6.07) is 11.5. The van der Waals surface area contributed by atoms with Gasteiger partial charge in [-0.15, -0.1) is 0 Å². The van der Waals surface area contributed by atoms with E-state index < -0.39 is 5.97 Å². The molecule has 1 aliphatic heterocycles. The zero-order chi connectivity index (χ0) is 16.9. The van der Waals surface area contributed by atoms with Crippen molar-refractivity contribution in [1.29, 1.82) is 0 Å². The fourth-order valence-corrected chi connectivity index (χ4v) is 2.15. The largest absolute Gasteiger partial charge is 0.484 e. The Morgan fingerprint density at radius 2 is 1.96 bits per heavy atom. The SMILES string of the molecule is COC(=O)c1cccc(OCC(=O)Nc2ccc3c(c2)OCO3)c1. The van der Waals surface area contributed by atoms with Crippen LogP contribution in [0.2, 0.25) is 0 Å². The Kier molecular flexibility index (Phi) is 4.51. The molecular weight excluding hydrogens is 314 g/mol. The molecule has 0 aromatic heterocycles. The minimum absolute atomic E-state index is 0.173. The summed E-state index contributed by atoms with van der Waals surface area (Å²) in [5, 5.41) is 2.70. The van der Waals surface area contributed by atoms with Gasteiger partial charge < -0.3 is 24.3 Å². The van der Waals surface area contributed by atoms with Gasteiger partial charge in [-0.3, -0.25) is 4.79 Å². The number of carbonyl (C=O) groups excluding carboxylic acids is 2. The van der Waals surface area contributed by atoms with E-state index in [9.17, 15) is 9.59 Å². The number of carbonyl (C=O) groups is 2. The Labute approximate surface area is 138 Å². The number of rotatable bonds is 5. The van der Waals surface area contributed by atoms with Crippen LogP contribution in [0, 0.1) is 0 Å². The van der Waals surface area contributed by atoms with Gasteiger partial charge in [0.05, 0.1) is 12.7 Å². The Morgan fingerprint density at radius 1 is 1.12 bits per heavy atom.